The first-order chi connectivity index (χ1) is 21.6. The Balaban J connectivity index is 1.34. The van der Waals surface area contributed by atoms with Crippen molar-refractivity contribution >= 4 is 11.5 Å². The maximum atomic E-state index is 11.0. The maximum Gasteiger partial charge on any atom is 0.330 e. The van der Waals surface area contributed by atoms with Crippen LogP contribution in [0.3, 0.4) is 0 Å². The van der Waals surface area contributed by atoms with Gasteiger partial charge in [0.1, 0.15) is 18.1 Å². The first kappa shape index (κ1) is 34.2. The molecule has 0 N–H and O–H groups in total. The van der Waals surface area contributed by atoms with Gasteiger partial charge in [0.15, 0.2) is 5.82 Å². The topological polar surface area (TPSA) is 89.0 Å². The molecule has 0 saturated carbocycles. The lowest BCUT2D eigenvalue weighted by molar-refractivity contribution is -0.286. The fourth-order valence-corrected chi connectivity index (χ4v) is 4.19. The molecule has 0 bridgehead atoms. The minimum absolute atomic E-state index is 0.371. The van der Waals surface area contributed by atoms with Crippen LogP contribution in [0.5, 0.6) is 11.5 Å². The van der Waals surface area contributed by atoms with Crippen LogP contribution in [0.2, 0.25) is 0 Å². The highest BCUT2D eigenvalue weighted by Crippen LogP contribution is 2.25. The monoisotopic (exact) mass is 600 g/mol. The number of hydrogen-bond donors (Lipinski definition) is 0. The van der Waals surface area contributed by atoms with Gasteiger partial charge in [-0.15, -0.1) is 6.58 Å². The minimum atomic E-state index is -0.371. The molecule has 44 heavy (non-hydrogen) atoms. The zero-order valence-corrected chi connectivity index (χ0v) is 25.6. The zero-order chi connectivity index (χ0) is 31.2. The van der Waals surface area contributed by atoms with Crippen LogP contribution in [0.25, 0.3) is 17.0 Å². The van der Waals surface area contributed by atoms with E-state index in [2.05, 4.69) is 29.7 Å². The molecule has 0 fully saturated rings. The second-order valence-electron chi connectivity index (χ2n) is 10.1. The maximum absolute atomic E-state index is 11.0. The van der Waals surface area contributed by atoms with Gasteiger partial charge in [0, 0.05) is 29.6 Å². The molecule has 8 heteroatoms. The summed E-state index contributed by atoms with van der Waals surface area (Å²) in [6.07, 6.45) is 14.3. The predicted octanol–water partition coefficient (Wildman–Crippen LogP) is 7.95. The molecule has 8 nitrogen and oxygen atoms in total. The number of hydrogen-bond acceptors (Lipinski definition) is 8. The number of aromatic nitrogens is 2. The number of ether oxygens (including phenoxy) is 3. The third kappa shape index (κ3) is 12.9. The largest absolute Gasteiger partial charge is 0.494 e. The average molecular weight is 601 g/mol. The van der Waals surface area contributed by atoms with Crippen molar-refractivity contribution in [3.05, 3.63) is 104 Å². The molecule has 3 aromatic rings. The van der Waals surface area contributed by atoms with Gasteiger partial charge in [0.05, 0.1) is 26.4 Å². The number of unbranched alkanes of at least 4 members (excludes halogenated alkanes) is 6. The van der Waals surface area contributed by atoms with Gasteiger partial charge in [0.25, 0.3) is 0 Å². The smallest absolute Gasteiger partial charge is 0.330 e. The summed E-state index contributed by atoms with van der Waals surface area (Å²) >= 11 is 0. The molecule has 0 unspecified atom stereocenters. The van der Waals surface area contributed by atoms with Crippen molar-refractivity contribution in [1.82, 2.24) is 9.97 Å². The molecule has 0 aliphatic carbocycles. The van der Waals surface area contributed by atoms with E-state index in [0.717, 1.165) is 85.1 Å². The summed E-state index contributed by atoms with van der Waals surface area (Å²) in [4.78, 5) is 30.1. The zero-order valence-electron chi connectivity index (χ0n) is 25.6. The van der Waals surface area contributed by atoms with Crippen molar-refractivity contribution in [2.75, 3.05) is 33.0 Å². The van der Waals surface area contributed by atoms with Crippen molar-refractivity contribution in [2.45, 2.75) is 51.4 Å². The van der Waals surface area contributed by atoms with Gasteiger partial charge in [-0.25, -0.2) is 24.5 Å². The number of esters is 1. The Morgan fingerprint density at radius 2 is 1.20 bits per heavy atom. The van der Waals surface area contributed by atoms with E-state index < -0.39 is 0 Å². The fourth-order valence-electron chi connectivity index (χ4n) is 4.19. The van der Waals surface area contributed by atoms with Gasteiger partial charge < -0.3 is 14.2 Å². The molecular formula is C36H44N2O6. The fraction of sp³-hybridized carbons (Fsp3) is 0.361. The van der Waals surface area contributed by atoms with Crippen LogP contribution in [-0.4, -0.2) is 49.0 Å². The summed E-state index contributed by atoms with van der Waals surface area (Å²) in [6, 6.07) is 15.7. The number of nitrogens with zero attached hydrogens (tertiary/aromatic N) is 2. The summed E-state index contributed by atoms with van der Waals surface area (Å²) in [5.74, 6) is 1.92. The van der Waals surface area contributed by atoms with Crippen molar-refractivity contribution in [2.24, 2.45) is 0 Å². The highest BCUT2D eigenvalue weighted by atomic mass is 17.2. The van der Waals surface area contributed by atoms with E-state index >= 15 is 0 Å². The van der Waals surface area contributed by atoms with Crippen LogP contribution in [0.1, 0.15) is 62.5 Å². The van der Waals surface area contributed by atoms with E-state index in [4.69, 9.17) is 24.0 Å². The van der Waals surface area contributed by atoms with Crippen LogP contribution >= 0.6 is 0 Å². The van der Waals surface area contributed by atoms with Gasteiger partial charge in [-0.3, -0.25) is 0 Å². The molecular weight excluding hydrogens is 556 g/mol. The van der Waals surface area contributed by atoms with E-state index in [1.54, 1.807) is 18.5 Å². The van der Waals surface area contributed by atoms with Crippen molar-refractivity contribution in [3.63, 3.8) is 0 Å². The van der Waals surface area contributed by atoms with Crippen LogP contribution < -0.4 is 9.47 Å². The van der Waals surface area contributed by atoms with Crippen LogP contribution in [0.4, 0.5) is 0 Å². The summed E-state index contributed by atoms with van der Waals surface area (Å²) in [7, 11) is 0. The lowest BCUT2D eigenvalue weighted by atomic mass is 10.0. The molecule has 0 atom stereocenters. The van der Waals surface area contributed by atoms with E-state index in [1.165, 1.54) is 6.08 Å². The van der Waals surface area contributed by atoms with Crippen LogP contribution in [0.15, 0.2) is 92.8 Å². The third-order valence-corrected chi connectivity index (χ3v) is 6.69. The second-order valence-corrected chi connectivity index (χ2v) is 10.1. The first-order valence-corrected chi connectivity index (χ1v) is 15.2. The van der Waals surface area contributed by atoms with Gasteiger partial charge >= 0.3 is 5.97 Å². The second kappa shape index (κ2) is 20.6. The van der Waals surface area contributed by atoms with Crippen molar-refractivity contribution in [3.8, 4) is 22.9 Å². The molecule has 0 aliphatic rings. The van der Waals surface area contributed by atoms with Crippen LogP contribution in [0, 0.1) is 0 Å². The highest BCUT2D eigenvalue weighted by molar-refractivity contribution is 5.81. The normalized spacial score (nSPS) is 10.6. The van der Waals surface area contributed by atoms with E-state index in [-0.39, 0.29) is 5.97 Å². The lowest BCUT2D eigenvalue weighted by Crippen LogP contribution is -2.02. The van der Waals surface area contributed by atoms with E-state index in [9.17, 15) is 4.79 Å². The molecule has 2 aromatic carbocycles. The molecule has 0 saturated heterocycles. The van der Waals surface area contributed by atoms with Crippen molar-refractivity contribution < 1.29 is 28.8 Å². The molecule has 0 amide bonds. The number of benzene rings is 2. The molecule has 3 rings (SSSR count). The highest BCUT2D eigenvalue weighted by Gasteiger charge is 2.07. The Bertz CT molecular complexity index is 1270. The molecule has 0 spiro atoms. The Labute approximate surface area is 261 Å². The summed E-state index contributed by atoms with van der Waals surface area (Å²) in [6.45, 7) is 13.9. The van der Waals surface area contributed by atoms with Gasteiger partial charge in [-0.05, 0) is 92.5 Å². The molecule has 1 aromatic heterocycles. The minimum Gasteiger partial charge on any atom is -0.494 e. The summed E-state index contributed by atoms with van der Waals surface area (Å²) in [5.41, 5.74) is 3.61. The summed E-state index contributed by atoms with van der Waals surface area (Å²) in [5, 5.41) is 0. The Hall–Kier alpha value is -4.27. The van der Waals surface area contributed by atoms with Crippen LogP contribution in [-0.2, 0) is 19.3 Å². The van der Waals surface area contributed by atoms with E-state index in [1.807, 2.05) is 48.5 Å². The Kier molecular flexibility index (Phi) is 16.0. The molecule has 1 heterocycles. The molecule has 234 valence electrons. The number of carbonyl (C=O) groups is 1. The SMILES string of the molecule is C=CCOOCCCCCCOc1ccc(-c2ncc(C(=C)c3ccc(OCCCCCCOC(=O)C=C)cc3)cn2)cc1. The average Bonchev–Trinajstić information content (AvgIpc) is 3.07. The lowest BCUT2D eigenvalue weighted by Gasteiger charge is -2.10. The van der Waals surface area contributed by atoms with Gasteiger partial charge in [-0.1, -0.05) is 37.8 Å². The van der Waals surface area contributed by atoms with Gasteiger partial charge in [-0.2, -0.15) is 0 Å². The molecule has 0 radical (unpaired) electrons. The quantitative estimate of drug-likeness (QED) is 0.0271. The standard InChI is InChI=1S/C36H44N2O6/c1-4-22-43-44-26-13-9-8-11-24-41-34-20-16-31(17-21-34)36-37-27-32(28-38-36)29(3)30-14-18-33(19-15-30)40-23-10-6-7-12-25-42-35(39)5-2/h4-5,14-21,27-28H,1-3,6-13,22-26H2. The van der Waals surface area contributed by atoms with E-state index in [0.29, 0.717) is 38.9 Å². The number of carbonyl (C=O) groups excluding carboxylic acids is 1. The Morgan fingerprint density at radius 3 is 1.77 bits per heavy atom. The Morgan fingerprint density at radius 1 is 0.659 bits per heavy atom. The summed E-state index contributed by atoms with van der Waals surface area (Å²) < 4.78 is 16.7. The first-order valence-electron chi connectivity index (χ1n) is 15.2. The van der Waals surface area contributed by atoms with Gasteiger partial charge in [0.2, 0.25) is 0 Å². The number of rotatable bonds is 23. The third-order valence-electron chi connectivity index (χ3n) is 6.69. The van der Waals surface area contributed by atoms with Crippen molar-refractivity contribution in [1.29, 1.82) is 0 Å². The molecule has 0 aliphatic heterocycles. The predicted molar refractivity (Wildman–Crippen MR) is 173 cm³/mol.